The van der Waals surface area contributed by atoms with Gasteiger partial charge in [0, 0.05) is 6.42 Å². The highest BCUT2D eigenvalue weighted by molar-refractivity contribution is 7.71. The van der Waals surface area contributed by atoms with Crippen LogP contribution in [0.3, 0.4) is 0 Å². The van der Waals surface area contributed by atoms with Crippen molar-refractivity contribution in [3.63, 3.8) is 0 Å². The molecule has 0 fully saturated rings. The van der Waals surface area contributed by atoms with Crippen LogP contribution in [0.2, 0.25) is 0 Å². The molecule has 4 rings (SSSR count). The van der Waals surface area contributed by atoms with E-state index in [1.165, 1.54) is 5.56 Å². The number of benzene rings is 3. The summed E-state index contributed by atoms with van der Waals surface area (Å²) >= 11 is 5.36. The lowest BCUT2D eigenvalue weighted by molar-refractivity contribution is 0.284. The first kappa shape index (κ1) is 21.5. The van der Waals surface area contributed by atoms with E-state index in [-0.39, 0.29) is 0 Å². The highest BCUT2D eigenvalue weighted by Gasteiger charge is 2.08. The number of nitrogens with one attached hydrogen (secondary N) is 1. The summed E-state index contributed by atoms with van der Waals surface area (Å²) in [5.41, 5.74) is 3.20. The molecule has 7 heteroatoms. The molecule has 4 aromatic rings. The minimum Gasteiger partial charge on any atom is -0.493 e. The van der Waals surface area contributed by atoms with E-state index in [1.807, 2.05) is 66.7 Å². The number of hydrogen-bond donors (Lipinski definition) is 1. The fourth-order valence-electron chi connectivity index (χ4n) is 3.25. The van der Waals surface area contributed by atoms with Crippen molar-refractivity contribution < 1.29 is 9.47 Å². The van der Waals surface area contributed by atoms with E-state index in [2.05, 4.69) is 27.4 Å². The van der Waals surface area contributed by atoms with Crippen LogP contribution in [-0.4, -0.2) is 28.2 Å². The van der Waals surface area contributed by atoms with Gasteiger partial charge in [0.25, 0.3) is 0 Å². The zero-order valence-electron chi connectivity index (χ0n) is 17.8. The summed E-state index contributed by atoms with van der Waals surface area (Å²) in [4.78, 5) is 0. The average Bonchev–Trinajstić information content (AvgIpc) is 3.20. The minimum absolute atomic E-state index is 0.457. The number of H-pyrrole nitrogens is 1. The van der Waals surface area contributed by atoms with E-state index in [9.17, 15) is 0 Å². The number of methoxy groups -OCH3 is 1. The summed E-state index contributed by atoms with van der Waals surface area (Å²) in [6.45, 7) is 0.472. The van der Waals surface area contributed by atoms with Gasteiger partial charge in [-0.2, -0.15) is 14.9 Å². The zero-order valence-corrected chi connectivity index (χ0v) is 18.6. The molecule has 0 amide bonds. The van der Waals surface area contributed by atoms with Crippen molar-refractivity contribution in [1.82, 2.24) is 14.9 Å². The van der Waals surface area contributed by atoms with E-state index in [0.717, 1.165) is 29.8 Å². The molecule has 3 aromatic carbocycles. The zero-order chi connectivity index (χ0) is 22.2. The molecular weight excluding hydrogens is 420 g/mol. The van der Waals surface area contributed by atoms with Crippen LogP contribution >= 0.6 is 12.2 Å². The largest absolute Gasteiger partial charge is 0.493 e. The number of hydrogen-bond acceptors (Lipinski definition) is 5. The van der Waals surface area contributed by atoms with Crippen molar-refractivity contribution in [2.75, 3.05) is 7.11 Å². The number of ether oxygens (including phenoxy) is 2. The van der Waals surface area contributed by atoms with Gasteiger partial charge < -0.3 is 9.47 Å². The Balaban J connectivity index is 1.46. The summed E-state index contributed by atoms with van der Waals surface area (Å²) < 4.78 is 13.6. The van der Waals surface area contributed by atoms with Crippen LogP contribution in [0.1, 0.15) is 22.5 Å². The Morgan fingerprint density at radius 2 is 1.66 bits per heavy atom. The lowest BCUT2D eigenvalue weighted by Gasteiger charge is -2.11. The lowest BCUT2D eigenvalue weighted by atomic mass is 10.1. The second-order valence-electron chi connectivity index (χ2n) is 7.17. The molecule has 1 aromatic heterocycles. The molecule has 32 heavy (non-hydrogen) atoms. The van der Waals surface area contributed by atoms with Crippen LogP contribution in [0.15, 0.2) is 84.0 Å². The van der Waals surface area contributed by atoms with Crippen LogP contribution in [0, 0.1) is 4.77 Å². The van der Waals surface area contributed by atoms with Gasteiger partial charge in [-0.25, -0.2) is 0 Å². The van der Waals surface area contributed by atoms with E-state index < -0.39 is 0 Å². The predicted molar refractivity (Wildman–Crippen MR) is 128 cm³/mol. The number of aryl methyl sites for hydroxylation is 2. The first-order chi connectivity index (χ1) is 15.7. The standard InChI is InChI=1S/C25H24N4O2S/c1-30-23-16-21(12-14-22(23)31-18-20-10-6-3-7-11-20)17-26-29-24(27-28-25(29)32)15-13-19-8-4-2-5-9-19/h2-12,14,16-17H,13,15,18H2,1H3,(H,28,32)/b26-17-. The molecule has 0 radical (unpaired) electrons. The fourth-order valence-corrected chi connectivity index (χ4v) is 3.45. The SMILES string of the molecule is COc1cc(/C=N\n2c(CCc3ccccc3)n[nH]c2=S)ccc1OCc1ccccc1. The minimum atomic E-state index is 0.457. The first-order valence-electron chi connectivity index (χ1n) is 10.3. The molecule has 162 valence electrons. The average molecular weight is 445 g/mol. The molecule has 0 saturated carbocycles. The van der Waals surface area contributed by atoms with Gasteiger partial charge in [0.1, 0.15) is 6.61 Å². The monoisotopic (exact) mass is 444 g/mol. The number of nitrogens with zero attached hydrogens (tertiary/aromatic N) is 3. The number of aromatic amines is 1. The summed E-state index contributed by atoms with van der Waals surface area (Å²) in [7, 11) is 1.62. The second kappa shape index (κ2) is 10.5. The quantitative estimate of drug-likeness (QED) is 0.285. The Labute approximate surface area is 192 Å². The third kappa shape index (κ3) is 5.50. The van der Waals surface area contributed by atoms with Gasteiger partial charge in [-0.3, -0.25) is 5.10 Å². The maximum absolute atomic E-state index is 5.93. The van der Waals surface area contributed by atoms with Gasteiger partial charge in [-0.05, 0) is 53.5 Å². The number of rotatable bonds is 9. The van der Waals surface area contributed by atoms with E-state index in [1.54, 1.807) is 18.0 Å². The third-order valence-electron chi connectivity index (χ3n) is 4.94. The maximum Gasteiger partial charge on any atom is 0.216 e. The highest BCUT2D eigenvalue weighted by atomic mass is 32.1. The third-order valence-corrected chi connectivity index (χ3v) is 5.21. The molecule has 1 N–H and O–H groups in total. The molecule has 0 aliphatic carbocycles. The van der Waals surface area contributed by atoms with Crippen LogP contribution in [0.5, 0.6) is 11.5 Å². The van der Waals surface area contributed by atoms with Crippen molar-refractivity contribution in [2.45, 2.75) is 19.4 Å². The summed E-state index contributed by atoms with van der Waals surface area (Å²) in [5.74, 6) is 2.10. The highest BCUT2D eigenvalue weighted by Crippen LogP contribution is 2.28. The number of aromatic nitrogens is 3. The van der Waals surface area contributed by atoms with E-state index in [4.69, 9.17) is 21.7 Å². The van der Waals surface area contributed by atoms with Crippen molar-refractivity contribution in [2.24, 2.45) is 5.10 Å². The van der Waals surface area contributed by atoms with Crippen molar-refractivity contribution >= 4 is 18.4 Å². The molecule has 0 atom stereocenters. The van der Waals surface area contributed by atoms with Gasteiger partial charge in [0.2, 0.25) is 4.77 Å². The Hall–Kier alpha value is -3.71. The Morgan fingerprint density at radius 1 is 0.938 bits per heavy atom. The Morgan fingerprint density at radius 3 is 2.38 bits per heavy atom. The van der Waals surface area contributed by atoms with Gasteiger partial charge in [-0.15, -0.1) is 0 Å². The van der Waals surface area contributed by atoms with Gasteiger partial charge >= 0.3 is 0 Å². The molecule has 0 spiro atoms. The predicted octanol–water partition coefficient (Wildman–Crippen LogP) is 5.20. The van der Waals surface area contributed by atoms with Crippen molar-refractivity contribution in [3.8, 4) is 11.5 Å². The van der Waals surface area contributed by atoms with Crippen LogP contribution in [0.4, 0.5) is 0 Å². The van der Waals surface area contributed by atoms with Gasteiger partial charge in [0.05, 0.1) is 13.3 Å². The fraction of sp³-hybridized carbons (Fsp3) is 0.160. The molecule has 6 nitrogen and oxygen atoms in total. The molecule has 0 aliphatic heterocycles. The van der Waals surface area contributed by atoms with Crippen molar-refractivity contribution in [1.29, 1.82) is 0 Å². The van der Waals surface area contributed by atoms with Crippen LogP contribution in [0.25, 0.3) is 0 Å². The van der Waals surface area contributed by atoms with E-state index in [0.29, 0.717) is 22.9 Å². The first-order valence-corrected chi connectivity index (χ1v) is 10.7. The Kier molecular flexibility index (Phi) is 7.09. The van der Waals surface area contributed by atoms with Crippen LogP contribution < -0.4 is 9.47 Å². The smallest absolute Gasteiger partial charge is 0.216 e. The molecule has 0 saturated heterocycles. The topological polar surface area (TPSA) is 64.4 Å². The summed E-state index contributed by atoms with van der Waals surface area (Å²) in [6, 6.07) is 26.0. The van der Waals surface area contributed by atoms with Crippen molar-refractivity contribution in [3.05, 3.63) is 106 Å². The van der Waals surface area contributed by atoms with E-state index >= 15 is 0 Å². The molecule has 0 unspecified atom stereocenters. The molecule has 1 heterocycles. The summed E-state index contributed by atoms with van der Waals surface area (Å²) in [6.07, 6.45) is 3.32. The van der Waals surface area contributed by atoms with Gasteiger partial charge in [0.15, 0.2) is 17.3 Å². The molecular formula is C25H24N4O2S. The Bertz CT molecular complexity index is 1230. The van der Waals surface area contributed by atoms with Crippen LogP contribution in [-0.2, 0) is 19.4 Å². The second-order valence-corrected chi connectivity index (χ2v) is 7.56. The maximum atomic E-state index is 5.93. The lowest BCUT2D eigenvalue weighted by Crippen LogP contribution is -2.02. The molecule has 0 bridgehead atoms. The molecule has 0 aliphatic rings. The van der Waals surface area contributed by atoms with Gasteiger partial charge in [-0.1, -0.05) is 60.7 Å². The normalized spacial score (nSPS) is 11.0. The summed E-state index contributed by atoms with van der Waals surface area (Å²) in [5, 5.41) is 11.7.